The van der Waals surface area contributed by atoms with Crippen LogP contribution in [-0.4, -0.2) is 9.55 Å². The summed E-state index contributed by atoms with van der Waals surface area (Å²) in [5.41, 5.74) is -2.09. The van der Waals surface area contributed by atoms with E-state index in [4.69, 9.17) is 23.2 Å². The first-order valence-electron chi connectivity index (χ1n) is 5.01. The Balaban J connectivity index is 2.64. The second kappa shape index (κ2) is 5.53. The molecular formula is C11H4Cl2F3IN2O. The summed E-state index contributed by atoms with van der Waals surface area (Å²) in [4.78, 5) is 15.0. The third kappa shape index (κ3) is 3.09. The van der Waals surface area contributed by atoms with Crippen LogP contribution in [0.5, 0.6) is 0 Å². The third-order valence-electron chi connectivity index (χ3n) is 2.32. The molecule has 0 bridgehead atoms. The van der Waals surface area contributed by atoms with Crippen molar-refractivity contribution in [1.29, 1.82) is 0 Å². The van der Waals surface area contributed by atoms with E-state index in [-0.39, 0.29) is 15.7 Å². The molecule has 20 heavy (non-hydrogen) atoms. The number of nitrogens with zero attached hydrogens (tertiary/aromatic N) is 2. The summed E-state index contributed by atoms with van der Waals surface area (Å²) >= 11 is 13.9. The number of halogens is 6. The standard InChI is InChI=1S/C11H4Cl2F3IN2O/c12-6-1-5(17)2-7(13)10(6)19-4-18-8(3-9(19)20)11(14,15)16/h1-4H. The van der Waals surface area contributed by atoms with Crippen LogP contribution in [0.3, 0.4) is 0 Å². The fourth-order valence-electron chi connectivity index (χ4n) is 1.49. The van der Waals surface area contributed by atoms with E-state index in [9.17, 15) is 18.0 Å². The molecule has 0 amide bonds. The molecule has 0 saturated carbocycles. The molecule has 0 radical (unpaired) electrons. The Labute approximate surface area is 134 Å². The van der Waals surface area contributed by atoms with Crippen molar-refractivity contribution in [2.75, 3.05) is 0 Å². The van der Waals surface area contributed by atoms with Crippen molar-refractivity contribution < 1.29 is 13.2 Å². The van der Waals surface area contributed by atoms with Crippen molar-refractivity contribution in [2.24, 2.45) is 0 Å². The lowest BCUT2D eigenvalue weighted by atomic mass is 10.3. The van der Waals surface area contributed by atoms with Gasteiger partial charge in [0.05, 0.1) is 15.7 Å². The zero-order valence-electron chi connectivity index (χ0n) is 9.38. The van der Waals surface area contributed by atoms with E-state index in [0.717, 1.165) is 14.5 Å². The SMILES string of the molecule is O=c1cc(C(F)(F)F)ncn1-c1c(Cl)cc(I)cc1Cl. The largest absolute Gasteiger partial charge is 0.433 e. The second-order valence-electron chi connectivity index (χ2n) is 3.70. The fourth-order valence-corrected chi connectivity index (χ4v) is 3.15. The molecule has 9 heteroatoms. The van der Waals surface area contributed by atoms with E-state index in [0.29, 0.717) is 6.07 Å². The number of alkyl halides is 3. The molecule has 0 fully saturated rings. The summed E-state index contributed by atoms with van der Waals surface area (Å²) in [5.74, 6) is 0. The average Bonchev–Trinajstić information content (AvgIpc) is 2.28. The quantitative estimate of drug-likeness (QED) is 0.631. The van der Waals surface area contributed by atoms with Crippen LogP contribution < -0.4 is 5.56 Å². The molecule has 0 aliphatic heterocycles. The molecule has 3 nitrogen and oxygen atoms in total. The number of rotatable bonds is 1. The minimum atomic E-state index is -4.68. The maximum atomic E-state index is 12.4. The van der Waals surface area contributed by atoms with Gasteiger partial charge in [0.15, 0.2) is 5.69 Å². The van der Waals surface area contributed by atoms with E-state index >= 15 is 0 Å². The first-order chi connectivity index (χ1) is 9.20. The van der Waals surface area contributed by atoms with Crippen molar-refractivity contribution in [3.63, 3.8) is 0 Å². The van der Waals surface area contributed by atoms with Gasteiger partial charge in [-0.05, 0) is 34.7 Å². The Morgan fingerprint density at radius 2 is 1.70 bits per heavy atom. The molecule has 0 spiro atoms. The highest BCUT2D eigenvalue weighted by Crippen LogP contribution is 2.31. The molecular weight excluding hydrogens is 431 g/mol. The van der Waals surface area contributed by atoms with Crippen LogP contribution in [0.15, 0.2) is 29.3 Å². The number of hydrogen-bond acceptors (Lipinski definition) is 2. The molecule has 0 N–H and O–H groups in total. The normalized spacial score (nSPS) is 11.7. The first kappa shape index (κ1) is 15.6. The molecule has 1 aromatic heterocycles. The summed E-state index contributed by atoms with van der Waals surface area (Å²) in [6.07, 6.45) is -3.93. The van der Waals surface area contributed by atoms with Crippen molar-refractivity contribution in [3.8, 4) is 5.69 Å². The average molecular weight is 435 g/mol. The van der Waals surface area contributed by atoms with Gasteiger partial charge in [-0.15, -0.1) is 0 Å². The highest BCUT2D eigenvalue weighted by molar-refractivity contribution is 14.1. The van der Waals surface area contributed by atoms with Gasteiger partial charge >= 0.3 is 6.18 Å². The highest BCUT2D eigenvalue weighted by atomic mass is 127. The minimum Gasteiger partial charge on any atom is -0.269 e. The van der Waals surface area contributed by atoms with E-state index in [1.54, 1.807) is 0 Å². The summed E-state index contributed by atoms with van der Waals surface area (Å²) in [7, 11) is 0. The maximum absolute atomic E-state index is 12.4. The Morgan fingerprint density at radius 1 is 1.15 bits per heavy atom. The van der Waals surface area contributed by atoms with Gasteiger partial charge in [-0.3, -0.25) is 9.36 Å². The third-order valence-corrected chi connectivity index (χ3v) is 3.52. The molecule has 106 valence electrons. The molecule has 0 saturated heterocycles. The lowest BCUT2D eigenvalue weighted by Gasteiger charge is -2.11. The maximum Gasteiger partial charge on any atom is 0.433 e. The van der Waals surface area contributed by atoms with Crippen molar-refractivity contribution in [1.82, 2.24) is 9.55 Å². The van der Waals surface area contributed by atoms with Gasteiger partial charge in [0.25, 0.3) is 5.56 Å². The van der Waals surface area contributed by atoms with Crippen LogP contribution in [0.4, 0.5) is 13.2 Å². The van der Waals surface area contributed by atoms with Crippen LogP contribution in [0.25, 0.3) is 5.69 Å². The van der Waals surface area contributed by atoms with Gasteiger partial charge < -0.3 is 0 Å². The smallest absolute Gasteiger partial charge is 0.269 e. The number of benzene rings is 1. The Morgan fingerprint density at radius 3 is 2.15 bits per heavy atom. The molecule has 0 unspecified atom stereocenters. The molecule has 0 aliphatic rings. The van der Waals surface area contributed by atoms with Crippen LogP contribution in [-0.2, 0) is 6.18 Å². The van der Waals surface area contributed by atoms with E-state index < -0.39 is 17.4 Å². The van der Waals surface area contributed by atoms with Crippen molar-refractivity contribution in [2.45, 2.75) is 6.18 Å². The van der Waals surface area contributed by atoms with Crippen LogP contribution >= 0.6 is 45.8 Å². The van der Waals surface area contributed by atoms with Crippen molar-refractivity contribution >= 4 is 45.8 Å². The summed E-state index contributed by atoms with van der Waals surface area (Å²) < 4.78 is 39.0. The van der Waals surface area contributed by atoms with Gasteiger partial charge in [0.1, 0.15) is 6.33 Å². The van der Waals surface area contributed by atoms with Crippen LogP contribution in [0, 0.1) is 3.57 Å². The van der Waals surface area contributed by atoms with Gasteiger partial charge in [-0.2, -0.15) is 13.2 Å². The molecule has 2 rings (SSSR count). The monoisotopic (exact) mass is 434 g/mol. The van der Waals surface area contributed by atoms with Gasteiger partial charge in [0.2, 0.25) is 0 Å². The van der Waals surface area contributed by atoms with Crippen molar-refractivity contribution in [3.05, 3.63) is 54.2 Å². The molecule has 0 aliphatic carbocycles. The molecule has 1 heterocycles. The zero-order valence-corrected chi connectivity index (χ0v) is 13.0. The molecule has 0 atom stereocenters. The van der Waals surface area contributed by atoms with Gasteiger partial charge in [-0.25, -0.2) is 4.98 Å². The minimum absolute atomic E-state index is 0.0972. The van der Waals surface area contributed by atoms with Crippen LogP contribution in [0.2, 0.25) is 10.0 Å². The fraction of sp³-hybridized carbons (Fsp3) is 0.0909. The predicted molar refractivity (Wildman–Crippen MR) is 77.6 cm³/mol. The van der Waals surface area contributed by atoms with Gasteiger partial charge in [-0.1, -0.05) is 23.2 Å². The topological polar surface area (TPSA) is 34.9 Å². The van der Waals surface area contributed by atoms with Crippen LogP contribution in [0.1, 0.15) is 5.69 Å². The highest BCUT2D eigenvalue weighted by Gasteiger charge is 2.33. The van der Waals surface area contributed by atoms with Gasteiger partial charge in [0, 0.05) is 9.64 Å². The lowest BCUT2D eigenvalue weighted by Crippen LogP contribution is -2.22. The second-order valence-corrected chi connectivity index (χ2v) is 5.76. The predicted octanol–water partition coefficient (Wildman–Crippen LogP) is 4.16. The lowest BCUT2D eigenvalue weighted by molar-refractivity contribution is -0.141. The number of aromatic nitrogens is 2. The van der Waals surface area contributed by atoms with E-state index in [1.165, 1.54) is 12.1 Å². The van der Waals surface area contributed by atoms with E-state index in [1.807, 2.05) is 22.6 Å². The molecule has 1 aromatic carbocycles. The first-order valence-corrected chi connectivity index (χ1v) is 6.84. The summed E-state index contributed by atoms with van der Waals surface area (Å²) in [5, 5.41) is 0.288. The zero-order chi connectivity index (χ0) is 15.1. The Bertz CT molecular complexity index is 707. The number of hydrogen-bond donors (Lipinski definition) is 0. The Hall–Kier alpha value is -0.800. The summed E-state index contributed by atoms with van der Waals surface area (Å²) in [6, 6.07) is 3.46. The summed E-state index contributed by atoms with van der Waals surface area (Å²) in [6.45, 7) is 0. The Kier molecular flexibility index (Phi) is 4.31. The van der Waals surface area contributed by atoms with E-state index in [2.05, 4.69) is 4.98 Å². The molecule has 2 aromatic rings.